The van der Waals surface area contributed by atoms with E-state index >= 15 is 0 Å². The first-order chi connectivity index (χ1) is 13.3. The first kappa shape index (κ1) is 15.6. The molecule has 0 aliphatic carbocycles. The van der Waals surface area contributed by atoms with Crippen molar-refractivity contribution in [3.05, 3.63) is 72.0 Å². The van der Waals surface area contributed by atoms with Gasteiger partial charge in [0.15, 0.2) is 5.65 Å². The van der Waals surface area contributed by atoms with Gasteiger partial charge in [-0.1, -0.05) is 12.1 Å². The van der Waals surface area contributed by atoms with Crippen LogP contribution in [0.15, 0.2) is 66.4 Å². The van der Waals surface area contributed by atoms with Gasteiger partial charge in [0.1, 0.15) is 6.33 Å². The van der Waals surface area contributed by atoms with Crippen molar-refractivity contribution in [2.75, 3.05) is 5.32 Å². The SMILES string of the molecule is O=C(Nc1cccc(-c2ccc3nncn3n2)c1)c1ccc2ncsc2c1. The van der Waals surface area contributed by atoms with Gasteiger partial charge in [0.25, 0.3) is 5.91 Å². The zero-order valence-electron chi connectivity index (χ0n) is 13.9. The Hall–Kier alpha value is -3.65. The van der Waals surface area contributed by atoms with E-state index < -0.39 is 0 Å². The maximum atomic E-state index is 12.6. The van der Waals surface area contributed by atoms with Gasteiger partial charge in [-0.15, -0.1) is 21.5 Å². The van der Waals surface area contributed by atoms with E-state index in [0.717, 1.165) is 21.5 Å². The number of amides is 1. The zero-order chi connectivity index (χ0) is 18.2. The topological polar surface area (TPSA) is 85.1 Å². The van der Waals surface area contributed by atoms with Crippen molar-refractivity contribution in [3.63, 3.8) is 0 Å². The average molecular weight is 372 g/mol. The Labute approximate surface area is 157 Å². The number of rotatable bonds is 3. The molecule has 0 saturated carbocycles. The molecule has 0 bridgehead atoms. The Balaban J connectivity index is 1.43. The number of hydrogen-bond donors (Lipinski definition) is 1. The van der Waals surface area contributed by atoms with Crippen molar-refractivity contribution in [3.8, 4) is 11.3 Å². The molecular weight excluding hydrogens is 360 g/mol. The van der Waals surface area contributed by atoms with E-state index in [1.54, 1.807) is 22.4 Å². The third-order valence-corrected chi connectivity index (χ3v) is 4.96. The third-order valence-electron chi connectivity index (χ3n) is 4.17. The lowest BCUT2D eigenvalue weighted by Gasteiger charge is -2.08. The second-order valence-electron chi connectivity index (χ2n) is 5.92. The summed E-state index contributed by atoms with van der Waals surface area (Å²) in [6.45, 7) is 0. The van der Waals surface area contributed by atoms with Crippen molar-refractivity contribution in [2.24, 2.45) is 0 Å². The standard InChI is InChI=1S/C19H12N6OS/c26-19(13-4-5-16-17(9-13)27-11-20-16)22-14-3-1-2-12(8-14)15-6-7-18-23-21-10-25(18)24-15/h1-11H,(H,22,26). The minimum absolute atomic E-state index is 0.162. The summed E-state index contributed by atoms with van der Waals surface area (Å²) in [7, 11) is 0. The molecular formula is C19H12N6OS. The molecule has 3 aromatic heterocycles. The van der Waals surface area contributed by atoms with Gasteiger partial charge in [0.2, 0.25) is 0 Å². The highest BCUT2D eigenvalue weighted by Crippen LogP contribution is 2.23. The van der Waals surface area contributed by atoms with Crippen molar-refractivity contribution in [1.29, 1.82) is 0 Å². The molecule has 0 saturated heterocycles. The van der Waals surface area contributed by atoms with Gasteiger partial charge in [-0.3, -0.25) is 4.79 Å². The van der Waals surface area contributed by atoms with Gasteiger partial charge in [0.05, 0.1) is 21.4 Å². The summed E-state index contributed by atoms with van der Waals surface area (Å²) in [5.41, 5.74) is 6.31. The number of benzene rings is 2. The minimum Gasteiger partial charge on any atom is -0.322 e. The highest BCUT2D eigenvalue weighted by molar-refractivity contribution is 7.16. The van der Waals surface area contributed by atoms with Crippen LogP contribution in [0.4, 0.5) is 5.69 Å². The molecule has 3 heterocycles. The normalized spacial score (nSPS) is 11.1. The number of fused-ring (bicyclic) bond motifs is 2. The highest BCUT2D eigenvalue weighted by atomic mass is 32.1. The first-order valence-electron chi connectivity index (χ1n) is 8.18. The number of carbonyl (C=O) groups excluding carboxylic acids is 1. The Morgan fingerprint density at radius 1 is 1.07 bits per heavy atom. The molecule has 0 spiro atoms. The maximum Gasteiger partial charge on any atom is 0.255 e. The number of carbonyl (C=O) groups is 1. The van der Waals surface area contributed by atoms with E-state index in [1.165, 1.54) is 11.3 Å². The van der Waals surface area contributed by atoms with Gasteiger partial charge in [-0.2, -0.15) is 9.61 Å². The van der Waals surface area contributed by atoms with Crippen LogP contribution in [0.3, 0.4) is 0 Å². The molecule has 0 unspecified atom stereocenters. The zero-order valence-corrected chi connectivity index (χ0v) is 14.7. The molecule has 0 radical (unpaired) electrons. The molecule has 2 aromatic carbocycles. The molecule has 130 valence electrons. The fraction of sp³-hybridized carbons (Fsp3) is 0. The van der Waals surface area contributed by atoms with Crippen molar-refractivity contribution in [2.45, 2.75) is 0 Å². The molecule has 0 atom stereocenters. The molecule has 1 N–H and O–H groups in total. The molecule has 0 aliphatic rings. The lowest BCUT2D eigenvalue weighted by atomic mass is 10.1. The predicted molar refractivity (Wildman–Crippen MR) is 104 cm³/mol. The van der Waals surface area contributed by atoms with Gasteiger partial charge >= 0.3 is 0 Å². The number of aromatic nitrogens is 5. The molecule has 1 amide bonds. The monoisotopic (exact) mass is 372 g/mol. The fourth-order valence-electron chi connectivity index (χ4n) is 2.84. The average Bonchev–Trinajstić information content (AvgIpc) is 3.36. The van der Waals surface area contributed by atoms with Gasteiger partial charge in [-0.25, -0.2) is 4.98 Å². The van der Waals surface area contributed by atoms with Crippen molar-refractivity contribution in [1.82, 2.24) is 24.8 Å². The number of anilines is 1. The fourth-order valence-corrected chi connectivity index (χ4v) is 3.55. The molecule has 0 aliphatic heterocycles. The van der Waals surface area contributed by atoms with E-state index in [2.05, 4.69) is 25.6 Å². The molecule has 27 heavy (non-hydrogen) atoms. The second-order valence-corrected chi connectivity index (χ2v) is 6.81. The highest BCUT2D eigenvalue weighted by Gasteiger charge is 2.09. The number of nitrogens with one attached hydrogen (secondary N) is 1. The summed E-state index contributed by atoms with van der Waals surface area (Å²) in [6, 6.07) is 16.8. The summed E-state index contributed by atoms with van der Waals surface area (Å²) in [6.07, 6.45) is 1.56. The number of nitrogens with zero attached hydrogens (tertiary/aromatic N) is 5. The third kappa shape index (κ3) is 2.91. The van der Waals surface area contributed by atoms with E-state index in [0.29, 0.717) is 16.9 Å². The van der Waals surface area contributed by atoms with Gasteiger partial charge in [0, 0.05) is 16.8 Å². The van der Waals surface area contributed by atoms with Crippen LogP contribution in [0.25, 0.3) is 27.1 Å². The van der Waals surface area contributed by atoms with Crippen LogP contribution in [0.2, 0.25) is 0 Å². The van der Waals surface area contributed by atoms with Crippen molar-refractivity contribution < 1.29 is 4.79 Å². The number of thiazole rings is 1. The molecule has 7 nitrogen and oxygen atoms in total. The van der Waals surface area contributed by atoms with Gasteiger partial charge < -0.3 is 5.32 Å². The molecule has 5 rings (SSSR count). The van der Waals surface area contributed by atoms with Crippen LogP contribution in [0, 0.1) is 0 Å². The van der Waals surface area contributed by atoms with E-state index in [-0.39, 0.29) is 5.91 Å². The van der Waals surface area contributed by atoms with Crippen LogP contribution in [0.5, 0.6) is 0 Å². The van der Waals surface area contributed by atoms with Crippen LogP contribution in [-0.4, -0.2) is 30.7 Å². The largest absolute Gasteiger partial charge is 0.322 e. The summed E-state index contributed by atoms with van der Waals surface area (Å²) < 4.78 is 2.60. The predicted octanol–water partition coefficient (Wildman–Crippen LogP) is 3.65. The Kier molecular flexibility index (Phi) is 3.61. The first-order valence-corrected chi connectivity index (χ1v) is 9.06. The Morgan fingerprint density at radius 3 is 3.00 bits per heavy atom. The minimum atomic E-state index is -0.162. The Morgan fingerprint density at radius 2 is 2.04 bits per heavy atom. The molecule has 8 heteroatoms. The van der Waals surface area contributed by atoms with Crippen LogP contribution in [0.1, 0.15) is 10.4 Å². The quantitative estimate of drug-likeness (QED) is 0.522. The van der Waals surface area contributed by atoms with E-state index in [9.17, 15) is 4.79 Å². The van der Waals surface area contributed by atoms with Crippen molar-refractivity contribution >= 4 is 38.8 Å². The molecule has 0 fully saturated rings. The van der Waals surface area contributed by atoms with Crippen LogP contribution >= 0.6 is 11.3 Å². The smallest absolute Gasteiger partial charge is 0.255 e. The van der Waals surface area contributed by atoms with Gasteiger partial charge in [-0.05, 0) is 42.5 Å². The summed E-state index contributed by atoms with van der Waals surface area (Å²) >= 11 is 1.51. The number of hydrogen-bond acceptors (Lipinski definition) is 6. The lowest BCUT2D eigenvalue weighted by molar-refractivity contribution is 0.102. The lowest BCUT2D eigenvalue weighted by Crippen LogP contribution is -2.11. The summed E-state index contributed by atoms with van der Waals surface area (Å²) in [5.74, 6) is -0.162. The van der Waals surface area contributed by atoms with E-state index in [4.69, 9.17) is 0 Å². The summed E-state index contributed by atoms with van der Waals surface area (Å²) in [5, 5.41) is 15.2. The Bertz CT molecular complexity index is 1290. The molecule has 5 aromatic rings. The van der Waals surface area contributed by atoms with Crippen LogP contribution in [-0.2, 0) is 0 Å². The summed E-state index contributed by atoms with van der Waals surface area (Å²) in [4.78, 5) is 16.8. The second kappa shape index (κ2) is 6.26. The maximum absolute atomic E-state index is 12.6. The van der Waals surface area contributed by atoms with E-state index in [1.807, 2.05) is 48.5 Å². The van der Waals surface area contributed by atoms with Crippen LogP contribution < -0.4 is 5.32 Å².